The number of nitrogens with zero attached hydrogens (tertiary/aromatic N) is 2. The summed E-state index contributed by atoms with van der Waals surface area (Å²) in [7, 11) is 3.42. The Hall–Kier alpha value is -1.78. The van der Waals surface area contributed by atoms with Crippen LogP contribution in [0.15, 0.2) is 35.3 Å². The minimum atomic E-state index is -0.351. The highest BCUT2D eigenvalue weighted by Crippen LogP contribution is 2.33. The third-order valence-electron chi connectivity index (χ3n) is 3.57. The predicted molar refractivity (Wildman–Crippen MR) is 98.7 cm³/mol. The van der Waals surface area contributed by atoms with E-state index in [-0.39, 0.29) is 5.82 Å². The van der Waals surface area contributed by atoms with Gasteiger partial charge in [0.25, 0.3) is 0 Å². The lowest BCUT2D eigenvalue weighted by atomic mass is 10.0. The van der Waals surface area contributed by atoms with Gasteiger partial charge in [-0.1, -0.05) is 23.2 Å². The Kier molecular flexibility index (Phi) is 6.46. The van der Waals surface area contributed by atoms with Crippen molar-refractivity contribution in [3.8, 4) is 5.75 Å². The van der Waals surface area contributed by atoms with Gasteiger partial charge in [0.05, 0.1) is 24.2 Å². The monoisotopic (exact) mass is 368 g/mol. The highest BCUT2D eigenvalue weighted by Gasteiger charge is 2.09. The molecule has 0 atom stereocenters. The number of hydrogen-bond donors (Lipinski definition) is 0. The molecule has 0 aliphatic carbocycles. The average Bonchev–Trinajstić information content (AvgIpc) is 2.55. The summed E-state index contributed by atoms with van der Waals surface area (Å²) >= 11 is 12.6. The van der Waals surface area contributed by atoms with Crippen LogP contribution in [-0.2, 0) is 6.42 Å². The van der Waals surface area contributed by atoms with E-state index in [9.17, 15) is 4.39 Å². The SMILES string of the molecule is CCN(C)C=Nc1cc(Cl)c(Cc2cc(F)cc(OC)c2)cc1Cl. The second kappa shape index (κ2) is 8.36. The van der Waals surface area contributed by atoms with Gasteiger partial charge in [0, 0.05) is 24.7 Å². The second-order valence-corrected chi connectivity index (χ2v) is 6.20. The summed E-state index contributed by atoms with van der Waals surface area (Å²) < 4.78 is 18.7. The van der Waals surface area contributed by atoms with Crippen LogP contribution < -0.4 is 4.74 Å². The van der Waals surface area contributed by atoms with Crippen LogP contribution in [0.25, 0.3) is 0 Å². The molecule has 3 nitrogen and oxygen atoms in total. The lowest BCUT2D eigenvalue weighted by Gasteiger charge is -2.11. The van der Waals surface area contributed by atoms with Crippen molar-refractivity contribution in [1.29, 1.82) is 0 Å². The Morgan fingerprint density at radius 1 is 1.17 bits per heavy atom. The Morgan fingerprint density at radius 3 is 2.58 bits per heavy atom. The lowest BCUT2D eigenvalue weighted by molar-refractivity contribution is 0.410. The molecule has 0 bridgehead atoms. The molecule has 0 saturated carbocycles. The quantitative estimate of drug-likeness (QED) is 0.507. The number of methoxy groups -OCH3 is 1. The van der Waals surface area contributed by atoms with Crippen LogP contribution in [0.4, 0.5) is 10.1 Å². The van der Waals surface area contributed by atoms with Crippen molar-refractivity contribution in [2.45, 2.75) is 13.3 Å². The highest BCUT2D eigenvalue weighted by atomic mass is 35.5. The van der Waals surface area contributed by atoms with Crippen molar-refractivity contribution in [1.82, 2.24) is 4.90 Å². The number of rotatable bonds is 6. The van der Waals surface area contributed by atoms with E-state index in [1.165, 1.54) is 19.2 Å². The molecular formula is C18H19Cl2FN2O. The first-order valence-corrected chi connectivity index (χ1v) is 8.24. The van der Waals surface area contributed by atoms with Gasteiger partial charge in [-0.15, -0.1) is 0 Å². The summed E-state index contributed by atoms with van der Waals surface area (Å²) in [6.45, 7) is 2.87. The zero-order valence-corrected chi connectivity index (χ0v) is 15.3. The summed E-state index contributed by atoms with van der Waals surface area (Å²) in [5, 5.41) is 1.03. The molecule has 0 spiro atoms. The van der Waals surface area contributed by atoms with Gasteiger partial charge in [-0.25, -0.2) is 9.38 Å². The maximum absolute atomic E-state index is 13.6. The number of benzene rings is 2. The zero-order chi connectivity index (χ0) is 17.7. The molecule has 128 valence electrons. The smallest absolute Gasteiger partial charge is 0.127 e. The van der Waals surface area contributed by atoms with Crippen LogP contribution >= 0.6 is 23.2 Å². The first kappa shape index (κ1) is 18.6. The normalized spacial score (nSPS) is 11.1. The molecule has 0 radical (unpaired) electrons. The van der Waals surface area contributed by atoms with Crippen LogP contribution in [0.5, 0.6) is 5.75 Å². The minimum Gasteiger partial charge on any atom is -0.497 e. The standard InChI is InChI=1S/C18H19Cl2FN2O/c1-4-23(2)11-22-18-10-16(19)13(8-17(18)20)5-12-6-14(21)9-15(7-12)24-3/h6-11H,4-5H2,1-3H3. The van der Waals surface area contributed by atoms with Gasteiger partial charge in [-0.2, -0.15) is 0 Å². The van der Waals surface area contributed by atoms with E-state index in [1.807, 2.05) is 18.9 Å². The van der Waals surface area contributed by atoms with Crippen LogP contribution in [0.2, 0.25) is 10.0 Å². The van der Waals surface area contributed by atoms with Crippen LogP contribution in [0, 0.1) is 5.82 Å². The van der Waals surface area contributed by atoms with Crippen molar-refractivity contribution in [2.24, 2.45) is 4.99 Å². The Morgan fingerprint density at radius 2 is 1.92 bits per heavy atom. The molecule has 0 heterocycles. The predicted octanol–water partition coefficient (Wildman–Crippen LogP) is 5.34. The molecule has 0 unspecified atom stereocenters. The average molecular weight is 369 g/mol. The van der Waals surface area contributed by atoms with E-state index in [2.05, 4.69) is 4.99 Å². The molecule has 0 aromatic heterocycles. The minimum absolute atomic E-state index is 0.351. The van der Waals surface area contributed by atoms with E-state index < -0.39 is 0 Å². The Labute approximate surface area is 151 Å². The molecule has 0 aliphatic heterocycles. The molecule has 0 aliphatic rings. The maximum atomic E-state index is 13.6. The number of hydrogen-bond acceptors (Lipinski definition) is 2. The summed E-state index contributed by atoms with van der Waals surface area (Å²) in [6.07, 6.45) is 2.15. The van der Waals surface area contributed by atoms with Gasteiger partial charge in [-0.05, 0) is 48.7 Å². The molecule has 0 fully saturated rings. The van der Waals surface area contributed by atoms with Crippen LogP contribution in [0.1, 0.15) is 18.1 Å². The third kappa shape index (κ3) is 4.86. The first-order valence-electron chi connectivity index (χ1n) is 7.48. The maximum Gasteiger partial charge on any atom is 0.127 e. The van der Waals surface area contributed by atoms with Crippen molar-refractivity contribution < 1.29 is 9.13 Å². The molecule has 24 heavy (non-hydrogen) atoms. The van der Waals surface area contributed by atoms with Crippen LogP contribution in [0.3, 0.4) is 0 Å². The fourth-order valence-electron chi connectivity index (χ4n) is 2.11. The van der Waals surface area contributed by atoms with Crippen molar-refractivity contribution in [3.05, 3.63) is 57.3 Å². The Bertz CT molecular complexity index is 750. The summed E-state index contributed by atoms with van der Waals surface area (Å²) in [4.78, 5) is 6.26. The van der Waals surface area contributed by atoms with Crippen molar-refractivity contribution in [2.75, 3.05) is 20.7 Å². The van der Waals surface area contributed by atoms with Crippen molar-refractivity contribution >= 4 is 35.2 Å². The summed E-state index contributed by atoms with van der Waals surface area (Å²) in [5.41, 5.74) is 2.16. The number of ether oxygens (including phenoxy) is 1. The molecule has 2 aromatic rings. The molecule has 0 saturated heterocycles. The first-order chi connectivity index (χ1) is 11.4. The fraction of sp³-hybridized carbons (Fsp3) is 0.278. The van der Waals surface area contributed by atoms with E-state index in [0.29, 0.717) is 27.9 Å². The molecule has 2 rings (SSSR count). The van der Waals surface area contributed by atoms with Gasteiger partial charge in [0.2, 0.25) is 0 Å². The van der Waals surface area contributed by atoms with E-state index >= 15 is 0 Å². The zero-order valence-electron chi connectivity index (χ0n) is 13.8. The van der Waals surface area contributed by atoms with Crippen LogP contribution in [-0.4, -0.2) is 31.9 Å². The fourth-order valence-corrected chi connectivity index (χ4v) is 2.57. The molecule has 6 heteroatoms. The van der Waals surface area contributed by atoms with Gasteiger partial charge in [-0.3, -0.25) is 0 Å². The Balaban J connectivity index is 2.28. The summed E-state index contributed by atoms with van der Waals surface area (Å²) in [6, 6.07) is 8.04. The molecule has 0 N–H and O–H groups in total. The van der Waals surface area contributed by atoms with E-state index in [1.54, 1.807) is 24.5 Å². The molecule has 2 aromatic carbocycles. The molecular weight excluding hydrogens is 350 g/mol. The second-order valence-electron chi connectivity index (χ2n) is 5.39. The van der Waals surface area contributed by atoms with Crippen molar-refractivity contribution in [3.63, 3.8) is 0 Å². The van der Waals surface area contributed by atoms with Gasteiger partial charge in [0.1, 0.15) is 11.6 Å². The third-order valence-corrected chi connectivity index (χ3v) is 4.22. The number of halogens is 3. The largest absolute Gasteiger partial charge is 0.497 e. The van der Waals surface area contributed by atoms with Gasteiger partial charge in [0.15, 0.2) is 0 Å². The van der Waals surface area contributed by atoms with E-state index in [4.69, 9.17) is 27.9 Å². The van der Waals surface area contributed by atoms with Gasteiger partial charge < -0.3 is 9.64 Å². The van der Waals surface area contributed by atoms with E-state index in [0.717, 1.165) is 17.7 Å². The van der Waals surface area contributed by atoms with Gasteiger partial charge >= 0.3 is 0 Å². The highest BCUT2D eigenvalue weighted by molar-refractivity contribution is 6.35. The topological polar surface area (TPSA) is 24.8 Å². The summed E-state index contributed by atoms with van der Waals surface area (Å²) in [5.74, 6) is 0.117. The molecule has 0 amide bonds. The number of aliphatic imine (C=N–C) groups is 1. The lowest BCUT2D eigenvalue weighted by Crippen LogP contribution is -2.14.